The number of carbonyl (C=O) groups excluding carboxylic acids is 1. The Hall–Kier alpha value is -1.84. The molecule has 0 spiro atoms. The summed E-state index contributed by atoms with van der Waals surface area (Å²) >= 11 is 0. The average Bonchev–Trinajstić information content (AvgIpc) is 3.03. The molecular formula is C13H18N2O6S. The first-order chi connectivity index (χ1) is 10.4. The maximum atomic E-state index is 12.2. The molecule has 1 aliphatic heterocycles. The van der Waals surface area contributed by atoms with Crippen LogP contribution in [0.4, 0.5) is 0 Å². The van der Waals surface area contributed by atoms with Gasteiger partial charge in [-0.2, -0.15) is 0 Å². The van der Waals surface area contributed by atoms with E-state index in [9.17, 15) is 18.3 Å². The van der Waals surface area contributed by atoms with Crippen molar-refractivity contribution in [2.75, 3.05) is 32.5 Å². The summed E-state index contributed by atoms with van der Waals surface area (Å²) in [5, 5.41) is 21.6. The number of hydrogen-bond acceptors (Lipinski definition) is 7. The molecule has 3 N–H and O–H groups in total. The van der Waals surface area contributed by atoms with Crippen LogP contribution in [0.5, 0.6) is 0 Å². The lowest BCUT2D eigenvalue weighted by Crippen LogP contribution is -2.37. The molecule has 0 saturated heterocycles. The number of hydrogen-bond donors (Lipinski definition) is 3. The van der Waals surface area contributed by atoms with Gasteiger partial charge in [-0.25, -0.2) is 8.42 Å². The quantitative estimate of drug-likeness (QED) is 0.580. The molecule has 0 unspecified atom stereocenters. The fourth-order valence-corrected chi connectivity index (χ4v) is 3.46. The third kappa shape index (κ3) is 3.16. The minimum Gasteiger partial charge on any atom is -0.502 e. The largest absolute Gasteiger partial charge is 0.502 e. The van der Waals surface area contributed by atoms with E-state index in [0.717, 1.165) is 6.26 Å². The van der Waals surface area contributed by atoms with Gasteiger partial charge >= 0.3 is 0 Å². The Morgan fingerprint density at radius 3 is 2.68 bits per heavy atom. The maximum Gasteiger partial charge on any atom is 0.290 e. The van der Waals surface area contributed by atoms with E-state index in [0.29, 0.717) is 13.1 Å². The number of rotatable bonds is 7. The van der Waals surface area contributed by atoms with Crippen LogP contribution in [-0.2, 0) is 14.6 Å². The number of nitrogens with zero attached hydrogens (tertiary/aromatic N) is 1. The van der Waals surface area contributed by atoms with Crippen molar-refractivity contribution in [2.24, 2.45) is 0 Å². The first kappa shape index (κ1) is 16.5. The molecule has 1 aromatic heterocycles. The Bertz CT molecular complexity index is 665. The molecule has 2 heterocycles. The number of furan rings is 1. The highest BCUT2D eigenvalue weighted by Gasteiger charge is 2.45. The molecule has 8 nitrogen and oxygen atoms in total. The number of aliphatic hydroxyl groups excluding tert-OH is 2. The van der Waals surface area contributed by atoms with Crippen molar-refractivity contribution in [3.05, 3.63) is 34.8 Å². The normalized spacial score (nSPS) is 19.3. The third-order valence-electron chi connectivity index (χ3n) is 3.29. The second kappa shape index (κ2) is 6.51. The van der Waals surface area contributed by atoms with Crippen molar-refractivity contribution in [1.29, 1.82) is 0 Å². The number of amides is 1. The fourth-order valence-electron chi connectivity index (χ4n) is 2.37. The van der Waals surface area contributed by atoms with Crippen LogP contribution in [0.15, 0.2) is 33.5 Å². The molecule has 1 amide bonds. The van der Waals surface area contributed by atoms with Crippen molar-refractivity contribution < 1.29 is 27.8 Å². The van der Waals surface area contributed by atoms with Gasteiger partial charge in [-0.05, 0) is 12.1 Å². The summed E-state index contributed by atoms with van der Waals surface area (Å²) in [6, 6.07) is 2.15. The Kier molecular flexibility index (Phi) is 4.89. The van der Waals surface area contributed by atoms with Crippen LogP contribution in [0.1, 0.15) is 11.8 Å². The van der Waals surface area contributed by atoms with Crippen LogP contribution >= 0.6 is 0 Å². The molecule has 22 heavy (non-hydrogen) atoms. The summed E-state index contributed by atoms with van der Waals surface area (Å²) in [7, 11) is -3.78. The fraction of sp³-hybridized carbons (Fsp3) is 0.462. The minimum absolute atomic E-state index is 0.0480. The first-order valence-electron chi connectivity index (χ1n) is 6.67. The topological polar surface area (TPSA) is 120 Å². The molecule has 0 fully saturated rings. The summed E-state index contributed by atoms with van der Waals surface area (Å²) in [5.41, 5.74) is 0. The molecule has 2 rings (SSSR count). The van der Waals surface area contributed by atoms with Gasteiger partial charge in [0.2, 0.25) is 0 Å². The van der Waals surface area contributed by atoms with Crippen molar-refractivity contribution in [3.8, 4) is 0 Å². The van der Waals surface area contributed by atoms with E-state index in [1.807, 2.05) is 0 Å². The number of sulfone groups is 1. The lowest BCUT2D eigenvalue weighted by Gasteiger charge is -2.24. The third-order valence-corrected chi connectivity index (χ3v) is 4.50. The highest BCUT2D eigenvalue weighted by molar-refractivity contribution is 7.94. The predicted molar refractivity (Wildman–Crippen MR) is 77.6 cm³/mol. The zero-order valence-corrected chi connectivity index (χ0v) is 12.8. The van der Waals surface area contributed by atoms with Crippen molar-refractivity contribution in [2.45, 2.75) is 6.04 Å². The van der Waals surface area contributed by atoms with Gasteiger partial charge in [-0.1, -0.05) is 0 Å². The first-order valence-corrected chi connectivity index (χ1v) is 8.56. The summed E-state index contributed by atoms with van der Waals surface area (Å²) in [4.78, 5) is 13.0. The van der Waals surface area contributed by atoms with Gasteiger partial charge in [0.15, 0.2) is 15.6 Å². The number of nitrogens with one attached hydrogen (secondary N) is 1. The molecule has 0 bridgehead atoms. The van der Waals surface area contributed by atoms with Crippen LogP contribution in [-0.4, -0.2) is 61.9 Å². The summed E-state index contributed by atoms with van der Waals surface area (Å²) < 4.78 is 29.1. The lowest BCUT2D eigenvalue weighted by atomic mass is 10.2. The van der Waals surface area contributed by atoms with E-state index in [2.05, 4.69) is 5.32 Å². The molecular weight excluding hydrogens is 312 g/mol. The maximum absolute atomic E-state index is 12.2. The van der Waals surface area contributed by atoms with Gasteiger partial charge < -0.3 is 24.8 Å². The highest BCUT2D eigenvalue weighted by Crippen LogP contribution is 2.39. The van der Waals surface area contributed by atoms with Crippen LogP contribution in [0, 0.1) is 0 Å². The lowest BCUT2D eigenvalue weighted by molar-refractivity contribution is -0.129. The van der Waals surface area contributed by atoms with Crippen molar-refractivity contribution in [1.82, 2.24) is 10.2 Å². The Balaban J connectivity index is 2.32. The van der Waals surface area contributed by atoms with E-state index in [1.54, 1.807) is 12.1 Å². The molecule has 1 aliphatic rings. The van der Waals surface area contributed by atoms with Crippen LogP contribution in [0.2, 0.25) is 0 Å². The highest BCUT2D eigenvalue weighted by atomic mass is 32.2. The average molecular weight is 330 g/mol. The zero-order chi connectivity index (χ0) is 16.3. The molecule has 122 valence electrons. The van der Waals surface area contributed by atoms with E-state index in [1.165, 1.54) is 11.2 Å². The van der Waals surface area contributed by atoms with Crippen LogP contribution in [0.25, 0.3) is 0 Å². The Morgan fingerprint density at radius 2 is 2.14 bits per heavy atom. The van der Waals surface area contributed by atoms with Gasteiger partial charge in [-0.15, -0.1) is 0 Å². The monoisotopic (exact) mass is 330 g/mol. The van der Waals surface area contributed by atoms with E-state index in [-0.39, 0.29) is 23.8 Å². The molecule has 0 radical (unpaired) electrons. The molecule has 0 aliphatic carbocycles. The Morgan fingerprint density at radius 1 is 1.41 bits per heavy atom. The van der Waals surface area contributed by atoms with E-state index < -0.39 is 27.5 Å². The molecule has 9 heteroatoms. The van der Waals surface area contributed by atoms with Crippen molar-refractivity contribution in [3.63, 3.8) is 0 Å². The van der Waals surface area contributed by atoms with Gasteiger partial charge in [0.1, 0.15) is 16.7 Å². The smallest absolute Gasteiger partial charge is 0.290 e. The predicted octanol–water partition coefficient (Wildman–Crippen LogP) is -0.441. The molecule has 1 atom stereocenters. The summed E-state index contributed by atoms with van der Waals surface area (Å²) in [6.07, 6.45) is 2.31. The summed E-state index contributed by atoms with van der Waals surface area (Å²) in [6.45, 7) is 0.806. The van der Waals surface area contributed by atoms with E-state index in [4.69, 9.17) is 9.52 Å². The van der Waals surface area contributed by atoms with Gasteiger partial charge in [0, 0.05) is 25.9 Å². The van der Waals surface area contributed by atoms with Crippen molar-refractivity contribution >= 4 is 15.7 Å². The molecule has 0 saturated carbocycles. The second-order valence-corrected chi connectivity index (χ2v) is 6.86. The minimum atomic E-state index is -3.78. The summed E-state index contributed by atoms with van der Waals surface area (Å²) in [5.74, 6) is -1.27. The standard InChI is InChI=1S/C13H18N2O6S/c1-22(19,20)12-10(9-3-2-8-21-9)15(13(18)11(12)17)6-4-14-5-7-16/h2-3,8,10,14,16-17H,4-7H2,1H3/t10-/m1/s1. The SMILES string of the molecule is CS(=O)(=O)C1=C(O)C(=O)N(CCNCCO)[C@@H]1c1ccco1. The van der Waals surface area contributed by atoms with Gasteiger partial charge in [-0.3, -0.25) is 4.79 Å². The second-order valence-electron chi connectivity index (χ2n) is 4.88. The number of carbonyl (C=O) groups is 1. The van der Waals surface area contributed by atoms with Gasteiger partial charge in [0.25, 0.3) is 5.91 Å². The molecule has 1 aromatic rings. The van der Waals surface area contributed by atoms with E-state index >= 15 is 0 Å². The van der Waals surface area contributed by atoms with Crippen LogP contribution in [0.3, 0.4) is 0 Å². The zero-order valence-electron chi connectivity index (χ0n) is 12.0. The Labute approximate surface area is 127 Å². The van der Waals surface area contributed by atoms with Crippen LogP contribution < -0.4 is 5.32 Å². The molecule has 0 aromatic carbocycles. The van der Waals surface area contributed by atoms with Gasteiger partial charge in [0.05, 0.1) is 12.9 Å². The number of aliphatic hydroxyl groups is 2.